The topological polar surface area (TPSA) is 340 Å². The predicted octanol–water partition coefficient (Wildman–Crippen LogP) is -1.90. The number of imide groups is 1. The van der Waals surface area contributed by atoms with E-state index in [4.69, 9.17) is 38.1 Å². The number of rotatable bonds is 38. The molecule has 0 saturated carbocycles. The first-order valence-corrected chi connectivity index (χ1v) is 28.3. The van der Waals surface area contributed by atoms with Gasteiger partial charge in [-0.1, -0.05) is 25.1 Å². The number of carbonyl (C=O) groups is 9. The van der Waals surface area contributed by atoms with Crippen LogP contribution in [-0.2, 0) is 101 Å². The lowest BCUT2D eigenvalue weighted by molar-refractivity contribution is -0.172. The van der Waals surface area contributed by atoms with Gasteiger partial charge in [-0.3, -0.25) is 48.1 Å². The summed E-state index contributed by atoms with van der Waals surface area (Å²) in [7, 11) is 2.36. The molecule has 5 heterocycles. The van der Waals surface area contributed by atoms with Crippen LogP contribution in [0.25, 0.3) is 22.3 Å². The van der Waals surface area contributed by atoms with Gasteiger partial charge in [0.15, 0.2) is 5.60 Å². The predicted molar refractivity (Wildman–Crippen MR) is 299 cm³/mol. The molecule has 3 atom stereocenters. The van der Waals surface area contributed by atoms with Gasteiger partial charge in [0, 0.05) is 67.7 Å². The Kier molecular flexibility index (Phi) is 26.1. The van der Waals surface area contributed by atoms with Gasteiger partial charge in [-0.25, -0.2) is 9.78 Å². The van der Waals surface area contributed by atoms with Gasteiger partial charge in [0.1, 0.15) is 12.6 Å². The van der Waals surface area contributed by atoms with E-state index in [0.29, 0.717) is 82.7 Å². The van der Waals surface area contributed by atoms with E-state index in [9.17, 15) is 53.1 Å². The van der Waals surface area contributed by atoms with Crippen molar-refractivity contribution in [1.82, 2.24) is 45.9 Å². The van der Waals surface area contributed by atoms with Crippen LogP contribution >= 0.6 is 9.24 Å². The highest BCUT2D eigenvalue weighted by Gasteiger charge is 2.45. The summed E-state index contributed by atoms with van der Waals surface area (Å²) in [4.78, 5) is 133. The van der Waals surface area contributed by atoms with Crippen LogP contribution in [0.4, 0.5) is 0 Å². The number of hydrogen-bond acceptors (Lipinski definition) is 19. The Balaban J connectivity index is 0.756. The van der Waals surface area contributed by atoms with E-state index in [1.165, 1.54) is 12.2 Å². The summed E-state index contributed by atoms with van der Waals surface area (Å²) in [6.45, 7) is 6.73. The average Bonchev–Trinajstić information content (AvgIpc) is 3.62. The first-order chi connectivity index (χ1) is 40.1. The Morgan fingerprint density at radius 1 is 0.735 bits per heavy atom. The molecule has 3 aliphatic heterocycles. The second-order valence-electron chi connectivity index (χ2n) is 19.1. The number of carbonyl (C=O) groups excluding carboxylic acids is 9. The molecule has 0 saturated heterocycles. The molecule has 3 aromatic rings. The van der Waals surface area contributed by atoms with Crippen LogP contribution in [0.1, 0.15) is 55.4 Å². The van der Waals surface area contributed by atoms with Crippen molar-refractivity contribution in [3.8, 4) is 11.4 Å². The zero-order valence-electron chi connectivity index (χ0n) is 46.8. The average molecular weight is 1180 g/mol. The van der Waals surface area contributed by atoms with Gasteiger partial charge < -0.3 is 74.3 Å². The summed E-state index contributed by atoms with van der Waals surface area (Å²) in [5.41, 5.74) is 1.39. The number of benzene rings is 1. The number of aromatic nitrogens is 2. The molecule has 0 spiro atoms. The van der Waals surface area contributed by atoms with E-state index in [0.717, 1.165) is 21.4 Å². The van der Waals surface area contributed by atoms with Crippen LogP contribution in [0.15, 0.2) is 47.3 Å². The lowest BCUT2D eigenvalue weighted by Gasteiger charge is -2.31. The number of ether oxygens (including phenoxy) is 7. The second kappa shape index (κ2) is 33.3. The molecule has 452 valence electrons. The fraction of sp³-hybridized carbons (Fsp3) is 0.545. The van der Waals surface area contributed by atoms with Crippen LogP contribution < -0.4 is 32.1 Å². The number of nitrogens with one attached hydrogen (secondary N) is 5. The highest BCUT2D eigenvalue weighted by atomic mass is 31.0. The third-order valence-corrected chi connectivity index (χ3v) is 14.1. The quantitative estimate of drug-likeness (QED) is 0.0124. The Hall–Kier alpha value is -7.10. The van der Waals surface area contributed by atoms with Gasteiger partial charge in [-0.05, 0) is 43.6 Å². The maximum Gasteiger partial charge on any atom is 0.343 e. The minimum atomic E-state index is -1.97. The number of hydrogen-bond donors (Lipinski definition) is 6. The van der Waals surface area contributed by atoms with E-state index in [-0.39, 0.29) is 120 Å². The van der Waals surface area contributed by atoms with E-state index >= 15 is 0 Å². The minimum absolute atomic E-state index is 0.0105. The zero-order valence-corrected chi connectivity index (χ0v) is 47.9. The third kappa shape index (κ3) is 18.7. The van der Waals surface area contributed by atoms with E-state index < -0.39 is 66.1 Å². The molecule has 2 aromatic heterocycles. The third-order valence-electron chi connectivity index (χ3n) is 13.6. The molecule has 0 aliphatic carbocycles. The number of cyclic esters (lactones) is 1. The van der Waals surface area contributed by atoms with Crippen molar-refractivity contribution in [2.75, 3.05) is 131 Å². The van der Waals surface area contributed by atoms with Crippen LogP contribution in [0.3, 0.4) is 0 Å². The summed E-state index contributed by atoms with van der Waals surface area (Å²) in [5.74, 6) is -4.69. The molecule has 0 radical (unpaired) electrons. The minimum Gasteiger partial charge on any atom is -0.458 e. The number of para-hydroxylation sites is 1. The highest BCUT2D eigenvalue weighted by molar-refractivity contribution is 7.16. The maximum absolute atomic E-state index is 13.9. The van der Waals surface area contributed by atoms with Crippen molar-refractivity contribution in [3.05, 3.63) is 75.1 Å². The first kappa shape index (κ1) is 65.1. The van der Waals surface area contributed by atoms with Crippen LogP contribution in [-0.4, -0.2) is 215 Å². The Morgan fingerprint density at radius 3 is 1.95 bits per heavy atom. The summed E-state index contributed by atoms with van der Waals surface area (Å²) in [5, 5.41) is 24.8. The summed E-state index contributed by atoms with van der Waals surface area (Å²) in [6.07, 6.45) is 2.83. The van der Waals surface area contributed by atoms with Crippen LogP contribution in [0.2, 0.25) is 0 Å². The Morgan fingerprint density at radius 2 is 1.33 bits per heavy atom. The lowest BCUT2D eigenvalue weighted by atomic mass is 9.86. The SMILES string of the molecule is CCN(CCc1c2c(nc3ccccc13)-c1cc3c(c(=O)n1C2)COC(=O)[C@]3(O)CC)C(=O)CNC(=O)[C@H](CP)NC(=O)CNC(=O)CNC(=O)CCOCCOCCOCCOCCOCCOCCNC(=O)CCN1C(=O)C=CC1=O. The largest absolute Gasteiger partial charge is 0.458 e. The smallest absolute Gasteiger partial charge is 0.343 e. The number of likely N-dealkylation sites (N-methyl/N-ethyl adjacent to an activating group) is 1. The fourth-order valence-electron chi connectivity index (χ4n) is 9.07. The van der Waals surface area contributed by atoms with Gasteiger partial charge in [0.2, 0.25) is 35.4 Å². The zero-order chi connectivity index (χ0) is 59.7. The summed E-state index contributed by atoms with van der Waals surface area (Å²) >= 11 is 0. The van der Waals surface area contributed by atoms with Gasteiger partial charge >= 0.3 is 5.97 Å². The summed E-state index contributed by atoms with van der Waals surface area (Å²) in [6, 6.07) is 8.11. The number of fused-ring (bicyclic) bond motifs is 5. The van der Waals surface area contributed by atoms with Gasteiger partial charge in [0.05, 0.1) is 128 Å². The maximum atomic E-state index is 13.9. The summed E-state index contributed by atoms with van der Waals surface area (Å²) < 4.78 is 39.4. The van der Waals surface area contributed by atoms with Gasteiger partial charge in [-0.2, -0.15) is 0 Å². The van der Waals surface area contributed by atoms with Crippen molar-refractivity contribution < 1.29 is 81.4 Å². The molecule has 0 bridgehead atoms. The van der Waals surface area contributed by atoms with Crippen LogP contribution in [0.5, 0.6) is 0 Å². The highest BCUT2D eigenvalue weighted by Crippen LogP contribution is 2.40. The fourth-order valence-corrected chi connectivity index (χ4v) is 9.40. The molecule has 1 aromatic carbocycles. The molecule has 8 amide bonds. The molecule has 27 nitrogen and oxygen atoms in total. The molecular formula is C55H74N9O18P. The molecule has 0 fully saturated rings. The van der Waals surface area contributed by atoms with E-state index in [2.05, 4.69) is 35.8 Å². The Bertz CT molecular complexity index is 2890. The van der Waals surface area contributed by atoms with Crippen molar-refractivity contribution in [2.45, 2.75) is 64.3 Å². The number of amides is 8. The van der Waals surface area contributed by atoms with Crippen molar-refractivity contribution in [3.63, 3.8) is 0 Å². The van der Waals surface area contributed by atoms with Crippen LogP contribution in [0, 0.1) is 0 Å². The first-order valence-electron chi connectivity index (χ1n) is 27.5. The number of nitrogens with zero attached hydrogens (tertiary/aromatic N) is 4. The molecule has 6 N–H and O–H groups in total. The molecule has 1 unspecified atom stereocenters. The van der Waals surface area contributed by atoms with Gasteiger partial charge in [-0.15, -0.1) is 9.24 Å². The lowest BCUT2D eigenvalue weighted by Crippen LogP contribution is -2.52. The second-order valence-corrected chi connectivity index (χ2v) is 19.5. The monoisotopic (exact) mass is 1180 g/mol. The van der Waals surface area contributed by atoms with E-state index in [1.54, 1.807) is 22.5 Å². The normalized spacial score (nSPS) is 15.3. The van der Waals surface area contributed by atoms with E-state index in [1.807, 2.05) is 31.2 Å². The molecule has 83 heavy (non-hydrogen) atoms. The molecular weight excluding hydrogens is 1110 g/mol. The van der Waals surface area contributed by atoms with Crippen molar-refractivity contribution >= 4 is 73.4 Å². The molecule has 6 rings (SSSR count). The van der Waals surface area contributed by atoms with Crippen molar-refractivity contribution in [2.24, 2.45) is 0 Å². The van der Waals surface area contributed by atoms with Gasteiger partial charge in [0.25, 0.3) is 17.4 Å². The molecule has 3 aliphatic rings. The number of pyridine rings is 2. The standard InChI is InChI=1S/C55H74N9O18P/c1-3-55(75)40-29-43-51-38(33-64(43)53(73)39(40)34-82-54(55)74)36(37-7-5-6-8-41(37)61-51)11-15-62(4-2)50(71)32-59-52(72)42(35-83)60-47(68)31-58-46(67)30-57-45(66)13-17-76-19-21-78-23-25-80-27-28-81-26-24-79-22-20-77-18-14-56-44(65)12-16-63-48(69)9-10-49(63)70/h5-10,29,42,75H,3-4,11-28,30-35,83H2,1-2H3,(H,56,65)(H,57,66)(H,58,67)(H,59,72)(H,60,68)/t42-,55-/m0/s1. The molecule has 28 heteroatoms. The number of aliphatic hydroxyl groups is 1. The Labute approximate surface area is 481 Å². The number of esters is 1. The van der Waals surface area contributed by atoms with Crippen molar-refractivity contribution in [1.29, 1.82) is 0 Å².